The molecular weight excluding hydrogens is 278 g/mol. The van der Waals surface area contributed by atoms with Gasteiger partial charge in [-0.05, 0) is 42.8 Å². The van der Waals surface area contributed by atoms with Crippen molar-refractivity contribution < 1.29 is 14.3 Å². The van der Waals surface area contributed by atoms with Crippen LogP contribution in [0.3, 0.4) is 0 Å². The molecule has 0 fully saturated rings. The third kappa shape index (κ3) is 3.88. The van der Waals surface area contributed by atoms with Crippen LogP contribution < -0.4 is 14.8 Å². The average Bonchev–Trinajstić information content (AvgIpc) is 2.54. The van der Waals surface area contributed by atoms with Gasteiger partial charge in [-0.3, -0.25) is 4.79 Å². The summed E-state index contributed by atoms with van der Waals surface area (Å²) in [5.41, 5.74) is 2.60. The van der Waals surface area contributed by atoms with E-state index in [0.29, 0.717) is 11.5 Å². The molecule has 4 nitrogen and oxygen atoms in total. The van der Waals surface area contributed by atoms with Crippen LogP contribution in [-0.4, -0.2) is 20.1 Å². The van der Waals surface area contributed by atoms with Gasteiger partial charge in [0.1, 0.15) is 11.5 Å². The zero-order valence-electron chi connectivity index (χ0n) is 12.9. The third-order valence-electron chi connectivity index (χ3n) is 3.25. The van der Waals surface area contributed by atoms with Crippen LogP contribution in [0.2, 0.25) is 0 Å². The lowest BCUT2D eigenvalue weighted by Crippen LogP contribution is -2.08. The first-order valence-electron chi connectivity index (χ1n) is 6.90. The van der Waals surface area contributed by atoms with Gasteiger partial charge < -0.3 is 14.8 Å². The Morgan fingerprint density at radius 3 is 2.55 bits per heavy atom. The molecule has 114 valence electrons. The minimum Gasteiger partial charge on any atom is -0.497 e. The number of carbonyl (C=O) groups excluding carboxylic acids is 1. The first-order chi connectivity index (χ1) is 10.6. The molecule has 0 spiro atoms. The molecule has 0 saturated heterocycles. The van der Waals surface area contributed by atoms with Crippen molar-refractivity contribution in [1.82, 2.24) is 0 Å². The number of rotatable bonds is 5. The summed E-state index contributed by atoms with van der Waals surface area (Å²) in [6, 6.07) is 13.1. The maximum atomic E-state index is 12.0. The molecule has 0 aliphatic heterocycles. The van der Waals surface area contributed by atoms with Crippen LogP contribution >= 0.6 is 0 Å². The Labute approximate surface area is 130 Å². The lowest BCUT2D eigenvalue weighted by molar-refractivity contribution is -0.111. The van der Waals surface area contributed by atoms with Gasteiger partial charge in [0.15, 0.2) is 0 Å². The van der Waals surface area contributed by atoms with Crippen molar-refractivity contribution in [2.24, 2.45) is 0 Å². The number of aryl methyl sites for hydroxylation is 1. The van der Waals surface area contributed by atoms with Crippen LogP contribution in [0.15, 0.2) is 48.5 Å². The summed E-state index contributed by atoms with van der Waals surface area (Å²) in [7, 11) is 3.19. The molecule has 4 heteroatoms. The monoisotopic (exact) mass is 297 g/mol. The van der Waals surface area contributed by atoms with Gasteiger partial charge in [-0.1, -0.05) is 18.2 Å². The Hall–Kier alpha value is -2.75. The fourth-order valence-corrected chi connectivity index (χ4v) is 2.02. The van der Waals surface area contributed by atoms with Crippen LogP contribution in [0.4, 0.5) is 5.69 Å². The Morgan fingerprint density at radius 2 is 1.86 bits per heavy atom. The summed E-state index contributed by atoms with van der Waals surface area (Å²) in [5, 5.41) is 2.85. The smallest absolute Gasteiger partial charge is 0.248 e. The largest absolute Gasteiger partial charge is 0.497 e. The minimum atomic E-state index is -0.195. The molecule has 0 saturated carbocycles. The predicted molar refractivity (Wildman–Crippen MR) is 88.4 cm³/mol. The number of hydrogen-bond acceptors (Lipinski definition) is 3. The van der Waals surface area contributed by atoms with E-state index in [1.165, 1.54) is 6.08 Å². The van der Waals surface area contributed by atoms with Gasteiger partial charge in [0, 0.05) is 17.3 Å². The summed E-state index contributed by atoms with van der Waals surface area (Å²) in [6.45, 7) is 1.95. The molecule has 0 heterocycles. The van der Waals surface area contributed by atoms with E-state index in [9.17, 15) is 4.79 Å². The maximum absolute atomic E-state index is 12.0. The minimum absolute atomic E-state index is 0.195. The number of anilines is 1. The van der Waals surface area contributed by atoms with Crippen molar-refractivity contribution in [2.75, 3.05) is 19.5 Å². The van der Waals surface area contributed by atoms with Gasteiger partial charge in [0.2, 0.25) is 5.91 Å². The third-order valence-corrected chi connectivity index (χ3v) is 3.25. The number of methoxy groups -OCH3 is 2. The van der Waals surface area contributed by atoms with Crippen LogP contribution in [0.25, 0.3) is 6.08 Å². The predicted octanol–water partition coefficient (Wildman–Crippen LogP) is 3.66. The molecular formula is C18H19NO3. The molecule has 0 atom stereocenters. The highest BCUT2D eigenvalue weighted by molar-refractivity contribution is 6.02. The van der Waals surface area contributed by atoms with Gasteiger partial charge >= 0.3 is 0 Å². The van der Waals surface area contributed by atoms with Crippen molar-refractivity contribution in [1.29, 1.82) is 0 Å². The normalized spacial score (nSPS) is 10.5. The standard InChI is InChI=1S/C18H19NO3/c1-13-6-4-5-7-16(13)19-18(20)11-8-14-12-15(21-2)9-10-17(14)22-3/h4-12H,1-3H3,(H,19,20)/b11-8+. The lowest BCUT2D eigenvalue weighted by Gasteiger charge is -2.08. The zero-order valence-corrected chi connectivity index (χ0v) is 12.9. The summed E-state index contributed by atoms with van der Waals surface area (Å²) < 4.78 is 10.5. The van der Waals surface area contributed by atoms with Gasteiger partial charge in [-0.15, -0.1) is 0 Å². The molecule has 0 radical (unpaired) electrons. The van der Waals surface area contributed by atoms with Gasteiger partial charge in [-0.25, -0.2) is 0 Å². The first kappa shape index (κ1) is 15.6. The highest BCUT2D eigenvalue weighted by atomic mass is 16.5. The Balaban J connectivity index is 2.14. The number of hydrogen-bond donors (Lipinski definition) is 1. The van der Waals surface area contributed by atoms with Crippen LogP contribution in [0, 0.1) is 6.92 Å². The van der Waals surface area contributed by atoms with E-state index in [-0.39, 0.29) is 5.91 Å². The highest BCUT2D eigenvalue weighted by Crippen LogP contribution is 2.25. The van der Waals surface area contributed by atoms with Crippen LogP contribution in [0.5, 0.6) is 11.5 Å². The van der Waals surface area contributed by atoms with Gasteiger partial charge in [-0.2, -0.15) is 0 Å². The molecule has 2 aromatic rings. The number of carbonyl (C=O) groups is 1. The number of ether oxygens (including phenoxy) is 2. The van der Waals surface area contributed by atoms with E-state index in [1.54, 1.807) is 26.4 Å². The molecule has 2 aromatic carbocycles. The van der Waals surface area contributed by atoms with E-state index in [0.717, 1.165) is 16.8 Å². The van der Waals surface area contributed by atoms with Crippen molar-refractivity contribution in [3.8, 4) is 11.5 Å². The molecule has 0 bridgehead atoms. The molecule has 0 aromatic heterocycles. The van der Waals surface area contributed by atoms with Crippen molar-refractivity contribution in [2.45, 2.75) is 6.92 Å². The summed E-state index contributed by atoms with van der Waals surface area (Å²) in [4.78, 5) is 12.0. The topological polar surface area (TPSA) is 47.6 Å². The van der Waals surface area contributed by atoms with Crippen molar-refractivity contribution in [3.05, 3.63) is 59.7 Å². The molecule has 0 aliphatic carbocycles. The summed E-state index contributed by atoms with van der Waals surface area (Å²) in [5.74, 6) is 1.19. The van der Waals surface area contributed by atoms with E-state index < -0.39 is 0 Å². The fourth-order valence-electron chi connectivity index (χ4n) is 2.02. The number of nitrogens with one attached hydrogen (secondary N) is 1. The molecule has 1 amide bonds. The molecule has 1 N–H and O–H groups in total. The summed E-state index contributed by atoms with van der Waals surface area (Å²) in [6.07, 6.45) is 3.18. The Kier molecular flexibility index (Phi) is 5.20. The van der Waals surface area contributed by atoms with E-state index >= 15 is 0 Å². The SMILES string of the molecule is COc1ccc(OC)c(/C=C/C(=O)Nc2ccccc2C)c1. The number of para-hydroxylation sites is 1. The van der Waals surface area contributed by atoms with E-state index in [4.69, 9.17) is 9.47 Å². The zero-order chi connectivity index (χ0) is 15.9. The number of benzene rings is 2. The molecule has 0 unspecified atom stereocenters. The van der Waals surface area contributed by atoms with E-state index in [1.807, 2.05) is 43.3 Å². The Bertz CT molecular complexity index is 692. The van der Waals surface area contributed by atoms with Gasteiger partial charge in [0.05, 0.1) is 14.2 Å². The fraction of sp³-hybridized carbons (Fsp3) is 0.167. The second-order valence-electron chi connectivity index (χ2n) is 4.75. The Morgan fingerprint density at radius 1 is 1.09 bits per heavy atom. The number of amides is 1. The summed E-state index contributed by atoms with van der Waals surface area (Å²) >= 11 is 0. The molecule has 22 heavy (non-hydrogen) atoms. The van der Waals surface area contributed by atoms with Crippen molar-refractivity contribution >= 4 is 17.7 Å². The second-order valence-corrected chi connectivity index (χ2v) is 4.75. The first-order valence-corrected chi connectivity index (χ1v) is 6.90. The van der Waals surface area contributed by atoms with Gasteiger partial charge in [0.25, 0.3) is 0 Å². The maximum Gasteiger partial charge on any atom is 0.248 e. The van der Waals surface area contributed by atoms with Crippen LogP contribution in [0.1, 0.15) is 11.1 Å². The quantitative estimate of drug-likeness (QED) is 0.857. The van der Waals surface area contributed by atoms with E-state index in [2.05, 4.69) is 5.32 Å². The molecule has 0 aliphatic rings. The average molecular weight is 297 g/mol. The second kappa shape index (κ2) is 7.31. The molecule has 2 rings (SSSR count). The highest BCUT2D eigenvalue weighted by Gasteiger charge is 2.04. The lowest BCUT2D eigenvalue weighted by atomic mass is 10.1. The van der Waals surface area contributed by atoms with Crippen molar-refractivity contribution in [3.63, 3.8) is 0 Å². The van der Waals surface area contributed by atoms with Crippen LogP contribution in [-0.2, 0) is 4.79 Å².